The van der Waals surface area contributed by atoms with Crippen molar-refractivity contribution in [1.29, 1.82) is 0 Å². The molecule has 70 valence electrons. The van der Waals surface area contributed by atoms with Gasteiger partial charge in [-0.2, -0.15) is 0 Å². The number of carboxylic acid groups (broad SMARTS) is 1. The highest BCUT2D eigenvalue weighted by Gasteiger charge is 2.48. The van der Waals surface area contributed by atoms with E-state index >= 15 is 0 Å². The number of aromatic nitrogens is 3. The van der Waals surface area contributed by atoms with E-state index in [0.29, 0.717) is 18.5 Å². The molecule has 1 aromatic rings. The summed E-state index contributed by atoms with van der Waals surface area (Å²) in [6.45, 7) is 0. The number of aliphatic carboxylic acids is 1. The van der Waals surface area contributed by atoms with Crippen molar-refractivity contribution < 1.29 is 9.90 Å². The van der Waals surface area contributed by atoms with Crippen molar-refractivity contribution in [2.45, 2.75) is 24.7 Å². The molecule has 0 aromatic carbocycles. The number of nitrogens with zero attached hydrogens (tertiary/aromatic N) is 3. The molecule has 2 rings (SSSR count). The van der Waals surface area contributed by atoms with E-state index in [2.05, 4.69) is 10.3 Å². The molecule has 1 aliphatic carbocycles. The zero-order valence-corrected chi connectivity index (χ0v) is 7.40. The number of hydrogen-bond acceptors (Lipinski definition) is 3. The first-order valence-electron chi connectivity index (χ1n) is 4.25. The van der Waals surface area contributed by atoms with E-state index in [9.17, 15) is 4.79 Å². The van der Waals surface area contributed by atoms with Crippen LogP contribution in [0.1, 0.15) is 25.0 Å². The van der Waals surface area contributed by atoms with Gasteiger partial charge >= 0.3 is 5.97 Å². The first-order valence-corrected chi connectivity index (χ1v) is 4.25. The van der Waals surface area contributed by atoms with Crippen molar-refractivity contribution in [1.82, 2.24) is 15.0 Å². The van der Waals surface area contributed by atoms with Gasteiger partial charge in [-0.15, -0.1) is 5.10 Å². The molecule has 1 aliphatic rings. The average Bonchev–Trinajstić information content (AvgIpc) is 2.32. The minimum absolute atomic E-state index is 0.591. The molecule has 5 nitrogen and oxygen atoms in total. The van der Waals surface area contributed by atoms with Gasteiger partial charge in [-0.05, 0) is 12.8 Å². The van der Waals surface area contributed by atoms with Crippen LogP contribution in [0, 0.1) is 0 Å². The Hall–Kier alpha value is -1.39. The largest absolute Gasteiger partial charge is 0.481 e. The number of carboxylic acids is 1. The lowest BCUT2D eigenvalue weighted by Crippen LogP contribution is -2.42. The molecule has 1 N–H and O–H groups in total. The number of aryl methyl sites for hydroxylation is 1. The number of rotatable bonds is 2. The Balaban J connectivity index is 2.37. The first kappa shape index (κ1) is 8.22. The molecule has 13 heavy (non-hydrogen) atoms. The SMILES string of the molecule is Cn1cc(C2(C(=O)O)CCC2)nn1. The Bertz CT molecular complexity index is 341. The summed E-state index contributed by atoms with van der Waals surface area (Å²) in [7, 11) is 1.74. The van der Waals surface area contributed by atoms with Crippen molar-refractivity contribution in [3.63, 3.8) is 0 Å². The number of carbonyl (C=O) groups is 1. The average molecular weight is 181 g/mol. The van der Waals surface area contributed by atoms with Crippen LogP contribution in [-0.2, 0) is 17.3 Å². The maximum Gasteiger partial charge on any atom is 0.315 e. The lowest BCUT2D eigenvalue weighted by atomic mass is 9.67. The van der Waals surface area contributed by atoms with Crippen LogP contribution in [-0.4, -0.2) is 26.1 Å². The normalized spacial score (nSPS) is 19.5. The van der Waals surface area contributed by atoms with Gasteiger partial charge in [0.15, 0.2) is 0 Å². The van der Waals surface area contributed by atoms with E-state index in [1.54, 1.807) is 17.9 Å². The molecule has 1 saturated carbocycles. The van der Waals surface area contributed by atoms with Gasteiger partial charge in [0.25, 0.3) is 0 Å². The Morgan fingerprint density at radius 3 is 2.69 bits per heavy atom. The fraction of sp³-hybridized carbons (Fsp3) is 0.625. The molecule has 0 bridgehead atoms. The second-order valence-electron chi connectivity index (χ2n) is 3.52. The molecule has 1 heterocycles. The Morgan fingerprint density at radius 1 is 1.69 bits per heavy atom. The topological polar surface area (TPSA) is 68.0 Å². The highest BCUT2D eigenvalue weighted by Crippen LogP contribution is 2.42. The second kappa shape index (κ2) is 2.55. The second-order valence-corrected chi connectivity index (χ2v) is 3.52. The van der Waals surface area contributed by atoms with Crippen LogP contribution >= 0.6 is 0 Å². The van der Waals surface area contributed by atoms with Gasteiger partial charge in [0.2, 0.25) is 0 Å². The van der Waals surface area contributed by atoms with Gasteiger partial charge in [0, 0.05) is 13.2 Å². The zero-order chi connectivity index (χ0) is 9.47. The molecule has 0 radical (unpaired) electrons. The lowest BCUT2D eigenvalue weighted by molar-refractivity contribution is -0.147. The quantitative estimate of drug-likeness (QED) is 0.713. The molecule has 1 fully saturated rings. The minimum atomic E-state index is -0.778. The maximum atomic E-state index is 11.0. The molecule has 1 aromatic heterocycles. The monoisotopic (exact) mass is 181 g/mol. The lowest BCUT2D eigenvalue weighted by Gasteiger charge is -2.35. The summed E-state index contributed by atoms with van der Waals surface area (Å²) in [5, 5.41) is 16.7. The predicted molar refractivity (Wildman–Crippen MR) is 44.2 cm³/mol. The van der Waals surface area contributed by atoms with E-state index < -0.39 is 11.4 Å². The van der Waals surface area contributed by atoms with E-state index in [-0.39, 0.29) is 0 Å². The summed E-state index contributed by atoms with van der Waals surface area (Å²) >= 11 is 0. The smallest absolute Gasteiger partial charge is 0.315 e. The van der Waals surface area contributed by atoms with Gasteiger partial charge in [-0.1, -0.05) is 11.6 Å². The summed E-state index contributed by atoms with van der Waals surface area (Å²) in [4.78, 5) is 11.0. The van der Waals surface area contributed by atoms with E-state index in [1.165, 1.54) is 0 Å². The first-order chi connectivity index (χ1) is 6.15. The van der Waals surface area contributed by atoms with Gasteiger partial charge in [-0.3, -0.25) is 9.48 Å². The molecule has 0 spiro atoms. The van der Waals surface area contributed by atoms with Crippen LogP contribution in [0.5, 0.6) is 0 Å². The summed E-state index contributed by atoms with van der Waals surface area (Å²) in [6.07, 6.45) is 4.01. The third kappa shape index (κ3) is 1.03. The number of hydrogen-bond donors (Lipinski definition) is 1. The third-order valence-electron chi connectivity index (χ3n) is 2.71. The van der Waals surface area contributed by atoms with Crippen LogP contribution in [0.2, 0.25) is 0 Å². The maximum absolute atomic E-state index is 11.0. The van der Waals surface area contributed by atoms with E-state index in [4.69, 9.17) is 5.11 Å². The zero-order valence-electron chi connectivity index (χ0n) is 7.40. The highest BCUT2D eigenvalue weighted by atomic mass is 16.4. The third-order valence-corrected chi connectivity index (χ3v) is 2.71. The van der Waals surface area contributed by atoms with Gasteiger partial charge < -0.3 is 5.11 Å². The summed E-state index contributed by atoms with van der Waals surface area (Å²) in [5.74, 6) is -0.778. The van der Waals surface area contributed by atoms with Gasteiger partial charge in [0.1, 0.15) is 5.41 Å². The molecule has 0 unspecified atom stereocenters. The van der Waals surface area contributed by atoms with Crippen LogP contribution in [0.25, 0.3) is 0 Å². The molecule has 0 amide bonds. The van der Waals surface area contributed by atoms with Crippen molar-refractivity contribution >= 4 is 5.97 Å². The minimum Gasteiger partial charge on any atom is -0.481 e. The van der Waals surface area contributed by atoms with Crippen LogP contribution in [0.4, 0.5) is 0 Å². The molecular weight excluding hydrogens is 170 g/mol. The summed E-state index contributed by atoms with van der Waals surface area (Å²) in [6, 6.07) is 0. The molecule has 0 saturated heterocycles. The molecular formula is C8H11N3O2. The highest BCUT2D eigenvalue weighted by molar-refractivity contribution is 5.81. The fourth-order valence-corrected chi connectivity index (χ4v) is 1.68. The Kier molecular flexibility index (Phi) is 1.61. The standard InChI is InChI=1S/C8H11N3O2/c1-11-5-6(9-10-11)8(7(12)13)3-2-4-8/h5H,2-4H2,1H3,(H,12,13). The molecule has 5 heteroatoms. The molecule has 0 aliphatic heterocycles. The van der Waals surface area contributed by atoms with Crippen LogP contribution in [0.3, 0.4) is 0 Å². The van der Waals surface area contributed by atoms with Crippen molar-refractivity contribution in [3.8, 4) is 0 Å². The van der Waals surface area contributed by atoms with E-state index in [0.717, 1.165) is 6.42 Å². The fourth-order valence-electron chi connectivity index (χ4n) is 1.68. The van der Waals surface area contributed by atoms with Crippen molar-refractivity contribution in [3.05, 3.63) is 11.9 Å². The Labute approximate surface area is 75.4 Å². The van der Waals surface area contributed by atoms with Crippen LogP contribution in [0.15, 0.2) is 6.20 Å². The summed E-state index contributed by atoms with van der Waals surface area (Å²) < 4.78 is 1.54. The van der Waals surface area contributed by atoms with Gasteiger partial charge in [0.05, 0.1) is 5.69 Å². The van der Waals surface area contributed by atoms with Crippen molar-refractivity contribution in [2.24, 2.45) is 7.05 Å². The van der Waals surface area contributed by atoms with Crippen molar-refractivity contribution in [2.75, 3.05) is 0 Å². The molecule has 0 atom stereocenters. The van der Waals surface area contributed by atoms with E-state index in [1.807, 2.05) is 0 Å². The summed E-state index contributed by atoms with van der Waals surface area (Å²) in [5.41, 5.74) is -0.150. The predicted octanol–water partition coefficient (Wildman–Crippen LogP) is 0.321. The van der Waals surface area contributed by atoms with Crippen LogP contribution < -0.4 is 0 Å². The Morgan fingerprint density at radius 2 is 2.38 bits per heavy atom. The van der Waals surface area contributed by atoms with Gasteiger partial charge in [-0.25, -0.2) is 0 Å².